The Bertz CT molecular complexity index is 3750. The fourth-order valence-corrected chi connectivity index (χ4v) is 12.2. The summed E-state index contributed by atoms with van der Waals surface area (Å²) < 4.78 is 2.64. The molecule has 2 aromatic heterocycles. The Labute approximate surface area is 330 Å². The first-order chi connectivity index (χ1) is 27.8. The van der Waals surface area contributed by atoms with Crippen LogP contribution in [0.25, 0.3) is 141 Å². The molecule has 0 atom stereocenters. The van der Waals surface area contributed by atoms with E-state index in [9.17, 15) is 0 Å². The van der Waals surface area contributed by atoms with E-state index in [2.05, 4.69) is 168 Å². The minimum absolute atomic E-state index is 1.29. The first-order valence-electron chi connectivity index (χ1n) is 19.3. The molecule has 0 spiro atoms. The lowest BCUT2D eigenvalue weighted by molar-refractivity contribution is 1.70. The van der Waals surface area contributed by atoms with Crippen LogP contribution in [-0.4, -0.2) is 0 Å². The lowest BCUT2D eigenvalue weighted by Gasteiger charge is -2.20. The highest BCUT2D eigenvalue weighted by Crippen LogP contribution is 2.56. The monoisotopic (exact) mass is 740 g/mol. The standard InChI is InChI=1S/C54H28S2/c1-7-29-8-2-13-37-45-27-47-41(31-11-5-17-49-33(31)21-23-55-49)25-42-32(43(47)26-44(45)36(12-1)51(29)37)19-20-39-46(42)28-48-38-14-3-9-30-10-4-16-40(52(30)38)54(48)53(39)35-15-6-18-50-34(35)22-24-56-50/h1-28H. The predicted molar refractivity (Wildman–Crippen MR) is 244 cm³/mol. The Hall–Kier alpha value is -6.58. The minimum Gasteiger partial charge on any atom is -0.144 e. The number of thiophene rings is 2. The Balaban J connectivity index is 1.19. The van der Waals surface area contributed by atoms with Gasteiger partial charge in [0.15, 0.2) is 0 Å². The first kappa shape index (κ1) is 29.7. The molecule has 2 heterocycles. The molecular weight excluding hydrogens is 713 g/mol. The van der Waals surface area contributed by atoms with Gasteiger partial charge in [-0.3, -0.25) is 0 Å². The zero-order chi connectivity index (χ0) is 36.2. The Morgan fingerprint density at radius 1 is 0.250 bits per heavy atom. The predicted octanol–water partition coefficient (Wildman–Crippen LogP) is 16.5. The minimum atomic E-state index is 1.29. The molecule has 0 aliphatic heterocycles. The molecular formula is C54H28S2. The van der Waals surface area contributed by atoms with Crippen molar-refractivity contribution in [3.63, 3.8) is 0 Å². The lowest BCUT2D eigenvalue weighted by Crippen LogP contribution is -1.92. The third-order valence-corrected chi connectivity index (χ3v) is 14.7. The lowest BCUT2D eigenvalue weighted by atomic mass is 9.83. The van der Waals surface area contributed by atoms with Gasteiger partial charge in [-0.05, 0) is 180 Å². The van der Waals surface area contributed by atoms with Crippen LogP contribution in [0, 0.1) is 0 Å². The van der Waals surface area contributed by atoms with Gasteiger partial charge in [0.05, 0.1) is 0 Å². The number of benzene rings is 10. The fourth-order valence-electron chi connectivity index (χ4n) is 10.6. The average Bonchev–Trinajstić information content (AvgIpc) is 4.05. The van der Waals surface area contributed by atoms with Gasteiger partial charge in [-0.1, -0.05) is 109 Å². The third kappa shape index (κ3) is 3.69. The van der Waals surface area contributed by atoms with Crippen LogP contribution in [0.2, 0.25) is 0 Å². The van der Waals surface area contributed by atoms with Crippen LogP contribution in [0.3, 0.4) is 0 Å². The van der Waals surface area contributed by atoms with Crippen molar-refractivity contribution in [2.45, 2.75) is 0 Å². The van der Waals surface area contributed by atoms with E-state index in [1.807, 2.05) is 22.7 Å². The topological polar surface area (TPSA) is 0 Å². The Morgan fingerprint density at radius 3 is 1.41 bits per heavy atom. The molecule has 0 N–H and O–H groups in total. The summed E-state index contributed by atoms with van der Waals surface area (Å²) in [5.41, 5.74) is 15.9. The van der Waals surface area contributed by atoms with Crippen molar-refractivity contribution < 1.29 is 0 Å². The van der Waals surface area contributed by atoms with Crippen LogP contribution in [0.1, 0.15) is 0 Å². The molecule has 56 heavy (non-hydrogen) atoms. The normalized spacial score (nSPS) is 12.6. The molecule has 10 aromatic carbocycles. The van der Waals surface area contributed by atoms with Gasteiger partial charge in [0.25, 0.3) is 0 Å². The van der Waals surface area contributed by atoms with E-state index in [-0.39, 0.29) is 0 Å². The highest BCUT2D eigenvalue weighted by Gasteiger charge is 2.29. The van der Waals surface area contributed by atoms with Gasteiger partial charge in [0.1, 0.15) is 0 Å². The van der Waals surface area contributed by atoms with Crippen LogP contribution >= 0.6 is 22.7 Å². The van der Waals surface area contributed by atoms with Crippen molar-refractivity contribution in [1.29, 1.82) is 0 Å². The molecule has 0 fully saturated rings. The summed E-state index contributed by atoms with van der Waals surface area (Å²) in [7, 11) is 0. The molecule has 2 aliphatic carbocycles. The van der Waals surface area contributed by atoms with Crippen molar-refractivity contribution in [3.05, 3.63) is 168 Å². The summed E-state index contributed by atoms with van der Waals surface area (Å²) in [4.78, 5) is 0. The number of rotatable bonds is 2. The SMILES string of the molecule is c1cc2c3c(cccc3c1)-c1cc3c(cc1-2)c(-c1cccc2sccc12)cc1c2cc4c(c(-c5cccc6sccc56)c2ccc31)-c1cccc2cccc-4c12. The summed E-state index contributed by atoms with van der Waals surface area (Å²) in [6, 6.07) is 60.5. The van der Waals surface area contributed by atoms with Gasteiger partial charge >= 0.3 is 0 Å². The smallest absolute Gasteiger partial charge is 0.0348 e. The molecule has 0 nitrogen and oxygen atoms in total. The van der Waals surface area contributed by atoms with Gasteiger partial charge in [-0.2, -0.15) is 0 Å². The maximum atomic E-state index is 2.53. The van der Waals surface area contributed by atoms with Gasteiger partial charge in [0.2, 0.25) is 0 Å². The summed E-state index contributed by atoms with van der Waals surface area (Å²) >= 11 is 3.65. The van der Waals surface area contributed by atoms with Crippen LogP contribution in [-0.2, 0) is 0 Å². The molecule has 0 radical (unpaired) electrons. The van der Waals surface area contributed by atoms with E-state index in [0.717, 1.165) is 0 Å². The molecule has 0 amide bonds. The number of hydrogen-bond donors (Lipinski definition) is 0. The van der Waals surface area contributed by atoms with Crippen LogP contribution in [0.15, 0.2) is 168 Å². The van der Waals surface area contributed by atoms with E-state index in [1.54, 1.807) is 0 Å². The van der Waals surface area contributed by atoms with Crippen LogP contribution < -0.4 is 0 Å². The third-order valence-electron chi connectivity index (χ3n) is 12.9. The van der Waals surface area contributed by atoms with E-state index in [0.29, 0.717) is 0 Å². The summed E-state index contributed by atoms with van der Waals surface area (Å²) in [5.74, 6) is 0. The molecule has 2 aliphatic rings. The van der Waals surface area contributed by atoms with Crippen molar-refractivity contribution >= 4 is 96.7 Å². The summed E-state index contributed by atoms with van der Waals surface area (Å²) in [5, 5.41) is 20.3. The van der Waals surface area contributed by atoms with E-state index in [4.69, 9.17) is 0 Å². The molecule has 0 unspecified atom stereocenters. The first-order valence-corrected chi connectivity index (χ1v) is 21.1. The second kappa shape index (κ2) is 10.6. The second-order valence-electron chi connectivity index (χ2n) is 15.5. The Morgan fingerprint density at radius 2 is 0.714 bits per heavy atom. The van der Waals surface area contributed by atoms with Crippen molar-refractivity contribution in [2.24, 2.45) is 0 Å². The van der Waals surface area contributed by atoms with E-state index >= 15 is 0 Å². The van der Waals surface area contributed by atoms with E-state index in [1.165, 1.54) is 141 Å². The maximum absolute atomic E-state index is 2.53. The molecule has 12 aromatic rings. The van der Waals surface area contributed by atoms with E-state index < -0.39 is 0 Å². The zero-order valence-electron chi connectivity index (χ0n) is 30.0. The van der Waals surface area contributed by atoms with Crippen molar-refractivity contribution in [3.8, 4) is 66.8 Å². The molecule has 0 saturated carbocycles. The number of fused-ring (bicyclic) bond motifs is 13. The largest absolute Gasteiger partial charge is 0.144 e. The second-order valence-corrected chi connectivity index (χ2v) is 17.4. The average molecular weight is 741 g/mol. The summed E-state index contributed by atoms with van der Waals surface area (Å²) in [6.07, 6.45) is 0. The van der Waals surface area contributed by atoms with Crippen molar-refractivity contribution in [2.75, 3.05) is 0 Å². The van der Waals surface area contributed by atoms with Gasteiger partial charge in [-0.25, -0.2) is 0 Å². The molecule has 2 heteroatoms. The molecule has 256 valence electrons. The summed E-state index contributed by atoms with van der Waals surface area (Å²) in [6.45, 7) is 0. The quantitative estimate of drug-likeness (QED) is 0.155. The van der Waals surface area contributed by atoms with Gasteiger partial charge in [0, 0.05) is 20.2 Å². The van der Waals surface area contributed by atoms with Gasteiger partial charge < -0.3 is 0 Å². The Kier molecular flexibility index (Phi) is 5.62. The highest BCUT2D eigenvalue weighted by atomic mass is 32.1. The van der Waals surface area contributed by atoms with Crippen LogP contribution in [0.5, 0.6) is 0 Å². The fraction of sp³-hybridized carbons (Fsp3) is 0. The maximum Gasteiger partial charge on any atom is 0.0348 e. The van der Waals surface area contributed by atoms with Gasteiger partial charge in [-0.15, -0.1) is 22.7 Å². The molecule has 0 saturated heterocycles. The molecule has 14 rings (SSSR count). The number of hydrogen-bond acceptors (Lipinski definition) is 2. The molecule has 0 bridgehead atoms. The highest BCUT2D eigenvalue weighted by molar-refractivity contribution is 7.17. The van der Waals surface area contributed by atoms with Crippen LogP contribution in [0.4, 0.5) is 0 Å². The van der Waals surface area contributed by atoms with Crippen molar-refractivity contribution in [1.82, 2.24) is 0 Å². The zero-order valence-corrected chi connectivity index (χ0v) is 31.6.